The summed E-state index contributed by atoms with van der Waals surface area (Å²) >= 11 is 5.61. The van der Waals surface area contributed by atoms with Crippen molar-refractivity contribution >= 4 is 52.3 Å². The smallest absolute Gasteiger partial charge is 0.369 e. The van der Waals surface area contributed by atoms with Gasteiger partial charge in [-0.15, -0.1) is 0 Å². The molecule has 0 radical (unpaired) electrons. The zero-order chi connectivity index (χ0) is 25.2. The summed E-state index contributed by atoms with van der Waals surface area (Å²) < 4.78 is 40.8. The second kappa shape index (κ2) is 9.58. The van der Waals surface area contributed by atoms with E-state index in [1.165, 1.54) is 12.4 Å². The molecule has 0 saturated heterocycles. The quantitative estimate of drug-likeness (QED) is 0.283. The number of alkyl halides is 3. The van der Waals surface area contributed by atoms with Gasteiger partial charge in [0.15, 0.2) is 17.0 Å². The average molecular weight is 503 g/mol. The lowest BCUT2D eigenvalue weighted by atomic mass is 10.2. The van der Waals surface area contributed by atoms with E-state index in [1.807, 2.05) is 14.1 Å². The summed E-state index contributed by atoms with van der Waals surface area (Å²) in [5.41, 5.74) is 1.13. The maximum atomic E-state index is 13.0. The molecular weight excluding hydrogens is 485 g/mol. The molecule has 13 heteroatoms. The summed E-state index contributed by atoms with van der Waals surface area (Å²) in [7, 11) is 3.68. The van der Waals surface area contributed by atoms with Gasteiger partial charge in [0.05, 0.1) is 16.9 Å². The molecule has 2 N–H and O–H groups in total. The number of anilines is 2. The number of hydrogen-bond acceptors (Lipinski definition) is 5. The van der Waals surface area contributed by atoms with E-state index in [1.54, 1.807) is 46.4 Å². The van der Waals surface area contributed by atoms with E-state index in [0.717, 1.165) is 12.1 Å². The lowest BCUT2D eigenvalue weighted by Gasteiger charge is -2.12. The van der Waals surface area contributed by atoms with Crippen molar-refractivity contribution in [2.75, 3.05) is 24.7 Å². The molecule has 4 aromatic rings. The van der Waals surface area contributed by atoms with Crippen LogP contribution in [-0.4, -0.2) is 50.9 Å². The van der Waals surface area contributed by atoms with Crippen LogP contribution in [0.25, 0.3) is 16.9 Å². The fraction of sp³-hybridized carbons (Fsp3) is 0.136. The molecule has 0 unspecified atom stereocenters. The van der Waals surface area contributed by atoms with Crippen molar-refractivity contribution in [3.05, 3.63) is 65.7 Å². The number of halogens is 4. The molecule has 0 fully saturated rings. The van der Waals surface area contributed by atoms with Crippen LogP contribution in [0.1, 0.15) is 5.56 Å². The molecule has 0 saturated carbocycles. The van der Waals surface area contributed by atoms with E-state index in [4.69, 9.17) is 11.6 Å². The number of benzene rings is 2. The molecule has 2 aromatic heterocycles. The Hall–Kier alpha value is -4.19. The van der Waals surface area contributed by atoms with Gasteiger partial charge in [0.25, 0.3) is 0 Å². The van der Waals surface area contributed by atoms with Crippen LogP contribution in [0.5, 0.6) is 0 Å². The second-order valence-corrected chi connectivity index (χ2v) is 7.92. The maximum absolute atomic E-state index is 13.0. The van der Waals surface area contributed by atoms with Gasteiger partial charge in [-0.05, 0) is 42.5 Å². The van der Waals surface area contributed by atoms with Gasteiger partial charge >= 0.3 is 12.2 Å². The lowest BCUT2D eigenvalue weighted by molar-refractivity contribution is -0.137. The van der Waals surface area contributed by atoms with Crippen LogP contribution in [0.3, 0.4) is 0 Å². The third-order valence-electron chi connectivity index (χ3n) is 4.66. The Balaban J connectivity index is 1.49. The van der Waals surface area contributed by atoms with Crippen LogP contribution in [0.4, 0.5) is 35.2 Å². The summed E-state index contributed by atoms with van der Waals surface area (Å²) in [6.45, 7) is 0. The van der Waals surface area contributed by atoms with Gasteiger partial charge in [-0.25, -0.2) is 24.7 Å². The third kappa shape index (κ3) is 5.49. The predicted molar refractivity (Wildman–Crippen MR) is 128 cm³/mol. The number of nitrogens with one attached hydrogen (secondary N) is 2. The number of aromatic nitrogens is 4. The van der Waals surface area contributed by atoms with E-state index < -0.39 is 22.8 Å². The van der Waals surface area contributed by atoms with Crippen molar-refractivity contribution in [2.45, 2.75) is 6.18 Å². The molecule has 180 valence electrons. The number of carbonyl (C=O) groups is 1. The molecule has 0 spiro atoms. The highest BCUT2D eigenvalue weighted by Crippen LogP contribution is 2.36. The highest BCUT2D eigenvalue weighted by molar-refractivity contribution is 6.31. The largest absolute Gasteiger partial charge is 0.417 e. The van der Waals surface area contributed by atoms with E-state index in [2.05, 4.69) is 30.6 Å². The SMILES string of the molecule is CN(C)/C=N\c1ncnc2c1ncn2-c1ccc(NC(=O)Nc2ccc(Cl)c(C(F)(F)F)c2)cc1. The summed E-state index contributed by atoms with van der Waals surface area (Å²) in [6, 6.07) is 9.14. The van der Waals surface area contributed by atoms with E-state index in [-0.39, 0.29) is 5.69 Å². The van der Waals surface area contributed by atoms with Crippen LogP contribution < -0.4 is 10.6 Å². The number of amides is 2. The van der Waals surface area contributed by atoms with Gasteiger partial charge < -0.3 is 15.5 Å². The number of aliphatic imine (C=N–C) groups is 1. The number of hydrogen-bond donors (Lipinski definition) is 2. The normalized spacial score (nSPS) is 11.7. The number of fused-ring (bicyclic) bond motifs is 1. The molecule has 2 heterocycles. The van der Waals surface area contributed by atoms with Crippen molar-refractivity contribution in [1.82, 2.24) is 24.4 Å². The van der Waals surface area contributed by atoms with Crippen molar-refractivity contribution in [2.24, 2.45) is 4.99 Å². The van der Waals surface area contributed by atoms with Crippen LogP contribution in [-0.2, 0) is 6.18 Å². The Kier molecular flexibility index (Phi) is 6.56. The Labute approximate surface area is 202 Å². The minimum Gasteiger partial charge on any atom is -0.369 e. The topological polar surface area (TPSA) is 100 Å². The summed E-state index contributed by atoms with van der Waals surface area (Å²) in [5.74, 6) is 0.424. The monoisotopic (exact) mass is 502 g/mol. The minimum absolute atomic E-state index is 0.0480. The maximum Gasteiger partial charge on any atom is 0.417 e. The Morgan fingerprint density at radius 2 is 1.74 bits per heavy atom. The average Bonchev–Trinajstić information content (AvgIpc) is 3.23. The molecule has 9 nitrogen and oxygen atoms in total. The van der Waals surface area contributed by atoms with Crippen LogP contribution in [0, 0.1) is 0 Å². The van der Waals surface area contributed by atoms with Crippen LogP contribution in [0.2, 0.25) is 5.02 Å². The Morgan fingerprint density at radius 3 is 2.43 bits per heavy atom. The first-order valence-corrected chi connectivity index (χ1v) is 10.4. The lowest BCUT2D eigenvalue weighted by Crippen LogP contribution is -2.20. The van der Waals surface area contributed by atoms with Crippen molar-refractivity contribution in [3.8, 4) is 5.69 Å². The molecule has 0 bridgehead atoms. The molecule has 2 amide bonds. The fourth-order valence-electron chi connectivity index (χ4n) is 3.10. The number of nitrogens with zero attached hydrogens (tertiary/aromatic N) is 6. The number of rotatable bonds is 5. The van der Waals surface area contributed by atoms with Crippen molar-refractivity contribution < 1.29 is 18.0 Å². The van der Waals surface area contributed by atoms with Crippen LogP contribution in [0.15, 0.2) is 60.1 Å². The van der Waals surface area contributed by atoms with Crippen molar-refractivity contribution in [3.63, 3.8) is 0 Å². The molecular formula is C22H18ClF3N8O. The van der Waals surface area contributed by atoms with Crippen LogP contribution >= 0.6 is 11.6 Å². The summed E-state index contributed by atoms with van der Waals surface area (Å²) in [5, 5.41) is 4.48. The zero-order valence-corrected chi connectivity index (χ0v) is 19.1. The van der Waals surface area contributed by atoms with Gasteiger partial charge in [-0.1, -0.05) is 11.6 Å². The standard InChI is InChI=1S/C22H18ClF3N8O/c1-33(2)11-30-19-18-20(28-10-27-19)34(12-29-18)15-6-3-13(4-7-15)31-21(35)32-14-5-8-17(23)16(9-14)22(24,25)26/h3-12H,1-2H3,(H2,31,32,35)/b30-11-. The number of imidazole rings is 1. The highest BCUT2D eigenvalue weighted by atomic mass is 35.5. The molecule has 35 heavy (non-hydrogen) atoms. The summed E-state index contributed by atoms with van der Waals surface area (Å²) in [6.07, 6.45) is -0.0464. The third-order valence-corrected chi connectivity index (χ3v) is 4.99. The Bertz CT molecular complexity index is 1400. The summed E-state index contributed by atoms with van der Waals surface area (Å²) in [4.78, 5) is 31.1. The first-order valence-electron chi connectivity index (χ1n) is 10.1. The van der Waals surface area contributed by atoms with E-state index in [0.29, 0.717) is 28.4 Å². The highest BCUT2D eigenvalue weighted by Gasteiger charge is 2.33. The first-order chi connectivity index (χ1) is 16.6. The van der Waals surface area contributed by atoms with Crippen molar-refractivity contribution in [1.29, 1.82) is 0 Å². The molecule has 0 aliphatic rings. The fourth-order valence-corrected chi connectivity index (χ4v) is 3.32. The first kappa shape index (κ1) is 24.0. The van der Waals surface area contributed by atoms with Gasteiger partial charge in [-0.3, -0.25) is 4.57 Å². The van der Waals surface area contributed by atoms with Gasteiger partial charge in [0.2, 0.25) is 0 Å². The number of carbonyl (C=O) groups excluding carboxylic acids is 1. The predicted octanol–water partition coefficient (Wildman–Crippen LogP) is 5.35. The molecule has 0 aliphatic carbocycles. The molecule has 0 atom stereocenters. The number of urea groups is 1. The van der Waals surface area contributed by atoms with E-state index >= 15 is 0 Å². The molecule has 0 aliphatic heterocycles. The Morgan fingerprint density at radius 1 is 1.06 bits per heavy atom. The minimum atomic E-state index is -4.64. The van der Waals surface area contributed by atoms with Gasteiger partial charge in [0.1, 0.15) is 12.7 Å². The van der Waals surface area contributed by atoms with Gasteiger partial charge in [0, 0.05) is 31.2 Å². The molecule has 2 aromatic carbocycles. The second-order valence-electron chi connectivity index (χ2n) is 7.51. The molecule has 4 rings (SSSR count). The van der Waals surface area contributed by atoms with Gasteiger partial charge in [-0.2, -0.15) is 13.2 Å². The van der Waals surface area contributed by atoms with E-state index in [9.17, 15) is 18.0 Å². The zero-order valence-electron chi connectivity index (χ0n) is 18.4.